The van der Waals surface area contributed by atoms with Gasteiger partial charge < -0.3 is 5.32 Å². The smallest absolute Gasteiger partial charge is 0.127 e. The van der Waals surface area contributed by atoms with Gasteiger partial charge in [0.2, 0.25) is 0 Å². The molecule has 0 amide bonds. The lowest BCUT2D eigenvalue weighted by Gasteiger charge is -2.21. The summed E-state index contributed by atoms with van der Waals surface area (Å²) >= 11 is 0. The average molecular weight is 285 g/mol. The van der Waals surface area contributed by atoms with Gasteiger partial charge in [-0.05, 0) is 29.5 Å². The molecule has 2 rings (SSSR count). The van der Waals surface area contributed by atoms with Gasteiger partial charge in [-0.15, -0.1) is 0 Å². The van der Waals surface area contributed by atoms with Gasteiger partial charge in [-0.2, -0.15) is 0 Å². The van der Waals surface area contributed by atoms with E-state index in [2.05, 4.69) is 57.3 Å². The summed E-state index contributed by atoms with van der Waals surface area (Å²) < 4.78 is 13.6. The Morgan fingerprint density at radius 2 is 1.62 bits per heavy atom. The lowest BCUT2D eigenvalue weighted by Crippen LogP contribution is -2.19. The zero-order valence-electron chi connectivity index (χ0n) is 13.3. The van der Waals surface area contributed by atoms with E-state index in [-0.39, 0.29) is 17.3 Å². The summed E-state index contributed by atoms with van der Waals surface area (Å²) in [5.74, 6) is -0.153. The van der Waals surface area contributed by atoms with Gasteiger partial charge in [-0.3, -0.25) is 0 Å². The molecule has 0 saturated heterocycles. The minimum Gasteiger partial charge on any atom is -0.306 e. The Balaban J connectivity index is 2.01. The van der Waals surface area contributed by atoms with Crippen molar-refractivity contribution in [1.29, 1.82) is 0 Å². The maximum Gasteiger partial charge on any atom is 0.127 e. The van der Waals surface area contributed by atoms with Crippen LogP contribution in [0.5, 0.6) is 0 Å². The summed E-state index contributed by atoms with van der Waals surface area (Å²) in [6.45, 7) is 9.27. The molecule has 112 valence electrons. The SMILES string of the molecule is CC(NCc1ccccc1F)c1ccc(C(C)(C)C)cc1. The first-order valence-electron chi connectivity index (χ1n) is 7.45. The summed E-state index contributed by atoms with van der Waals surface area (Å²) in [6.07, 6.45) is 0. The van der Waals surface area contributed by atoms with Crippen molar-refractivity contribution >= 4 is 0 Å². The highest BCUT2D eigenvalue weighted by Gasteiger charge is 2.14. The predicted molar refractivity (Wildman–Crippen MR) is 86.8 cm³/mol. The molecule has 2 aromatic rings. The summed E-state index contributed by atoms with van der Waals surface area (Å²) in [4.78, 5) is 0. The van der Waals surface area contributed by atoms with E-state index in [4.69, 9.17) is 0 Å². The van der Waals surface area contributed by atoms with Crippen molar-refractivity contribution in [2.45, 2.75) is 45.7 Å². The molecule has 0 radical (unpaired) electrons. The first kappa shape index (κ1) is 15.7. The molecular formula is C19H24FN. The van der Waals surface area contributed by atoms with Crippen LogP contribution in [0, 0.1) is 5.82 Å². The summed E-state index contributed by atoms with van der Waals surface area (Å²) in [6, 6.07) is 15.7. The fourth-order valence-electron chi connectivity index (χ4n) is 2.29. The minimum absolute atomic E-state index is 0.153. The Bertz CT molecular complexity index is 581. The molecule has 1 atom stereocenters. The zero-order chi connectivity index (χ0) is 15.5. The van der Waals surface area contributed by atoms with Crippen molar-refractivity contribution in [2.75, 3.05) is 0 Å². The van der Waals surface area contributed by atoms with E-state index in [1.54, 1.807) is 6.07 Å². The summed E-state index contributed by atoms with van der Waals surface area (Å²) in [7, 11) is 0. The lowest BCUT2D eigenvalue weighted by molar-refractivity contribution is 0.543. The normalized spacial score (nSPS) is 13.2. The number of halogens is 1. The second-order valence-corrected chi connectivity index (χ2v) is 6.57. The molecule has 2 aromatic carbocycles. The van der Waals surface area contributed by atoms with E-state index >= 15 is 0 Å². The molecule has 0 aliphatic heterocycles. The third kappa shape index (κ3) is 4.15. The fourth-order valence-corrected chi connectivity index (χ4v) is 2.29. The van der Waals surface area contributed by atoms with Gasteiger partial charge in [0.15, 0.2) is 0 Å². The van der Waals surface area contributed by atoms with Crippen molar-refractivity contribution in [2.24, 2.45) is 0 Å². The molecule has 1 unspecified atom stereocenters. The van der Waals surface area contributed by atoms with Crippen LogP contribution >= 0.6 is 0 Å². The number of benzene rings is 2. The van der Waals surface area contributed by atoms with E-state index in [1.807, 2.05) is 12.1 Å². The lowest BCUT2D eigenvalue weighted by atomic mass is 9.86. The molecule has 1 N–H and O–H groups in total. The summed E-state index contributed by atoms with van der Waals surface area (Å²) in [5.41, 5.74) is 3.42. The highest BCUT2D eigenvalue weighted by molar-refractivity contribution is 5.29. The third-order valence-electron chi connectivity index (χ3n) is 3.83. The largest absolute Gasteiger partial charge is 0.306 e. The minimum atomic E-state index is -0.153. The predicted octanol–water partition coefficient (Wildman–Crippen LogP) is 4.97. The van der Waals surface area contributed by atoms with Crippen molar-refractivity contribution in [3.8, 4) is 0 Å². The van der Waals surface area contributed by atoms with Crippen LogP contribution in [0.2, 0.25) is 0 Å². The van der Waals surface area contributed by atoms with Crippen LogP contribution in [0.3, 0.4) is 0 Å². The summed E-state index contributed by atoms with van der Waals surface area (Å²) in [5, 5.41) is 3.37. The van der Waals surface area contributed by atoms with E-state index in [0.717, 1.165) is 0 Å². The van der Waals surface area contributed by atoms with Crippen LogP contribution in [0.4, 0.5) is 4.39 Å². The van der Waals surface area contributed by atoms with E-state index < -0.39 is 0 Å². The van der Waals surface area contributed by atoms with Gasteiger partial charge in [0, 0.05) is 18.2 Å². The first-order chi connectivity index (χ1) is 9.88. The molecule has 0 saturated carbocycles. The van der Waals surface area contributed by atoms with Crippen LogP contribution in [0.25, 0.3) is 0 Å². The molecule has 0 aromatic heterocycles. The number of hydrogen-bond donors (Lipinski definition) is 1. The molecule has 0 heterocycles. The Hall–Kier alpha value is -1.67. The van der Waals surface area contributed by atoms with Gasteiger partial charge in [0.1, 0.15) is 5.82 Å². The van der Waals surface area contributed by atoms with E-state index in [0.29, 0.717) is 12.1 Å². The molecule has 0 aliphatic rings. The maximum absolute atomic E-state index is 13.6. The second kappa shape index (κ2) is 6.40. The van der Waals surface area contributed by atoms with Gasteiger partial charge in [0.05, 0.1) is 0 Å². The van der Waals surface area contributed by atoms with Crippen molar-refractivity contribution in [1.82, 2.24) is 5.32 Å². The highest BCUT2D eigenvalue weighted by atomic mass is 19.1. The Morgan fingerprint density at radius 3 is 2.19 bits per heavy atom. The number of nitrogens with one attached hydrogen (secondary N) is 1. The number of hydrogen-bond acceptors (Lipinski definition) is 1. The Kier molecular flexibility index (Phi) is 4.79. The second-order valence-electron chi connectivity index (χ2n) is 6.57. The molecule has 0 aliphatic carbocycles. The van der Waals surface area contributed by atoms with Gasteiger partial charge in [-0.25, -0.2) is 4.39 Å². The standard InChI is InChI=1S/C19H24FN/c1-14(21-13-16-7-5-6-8-18(16)20)15-9-11-17(12-10-15)19(2,3)4/h5-12,14,21H,13H2,1-4H3. The molecule has 21 heavy (non-hydrogen) atoms. The topological polar surface area (TPSA) is 12.0 Å². The highest BCUT2D eigenvalue weighted by Crippen LogP contribution is 2.24. The Labute approximate surface area is 127 Å². The molecular weight excluding hydrogens is 261 g/mol. The van der Waals surface area contributed by atoms with Crippen LogP contribution in [0.1, 0.15) is 50.4 Å². The quantitative estimate of drug-likeness (QED) is 0.836. The monoisotopic (exact) mass is 285 g/mol. The van der Waals surface area contributed by atoms with Crippen molar-refractivity contribution in [3.05, 3.63) is 71.0 Å². The fraction of sp³-hybridized carbons (Fsp3) is 0.368. The van der Waals surface area contributed by atoms with Gasteiger partial charge >= 0.3 is 0 Å². The first-order valence-corrected chi connectivity index (χ1v) is 7.45. The van der Waals surface area contributed by atoms with Crippen LogP contribution in [0.15, 0.2) is 48.5 Å². The molecule has 2 heteroatoms. The zero-order valence-corrected chi connectivity index (χ0v) is 13.3. The van der Waals surface area contributed by atoms with Crippen molar-refractivity contribution < 1.29 is 4.39 Å². The van der Waals surface area contributed by atoms with Crippen molar-refractivity contribution in [3.63, 3.8) is 0 Å². The molecule has 0 fully saturated rings. The van der Waals surface area contributed by atoms with E-state index in [9.17, 15) is 4.39 Å². The van der Waals surface area contributed by atoms with Gasteiger partial charge in [0.25, 0.3) is 0 Å². The Morgan fingerprint density at radius 1 is 1.00 bits per heavy atom. The molecule has 1 nitrogen and oxygen atoms in total. The number of rotatable bonds is 4. The third-order valence-corrected chi connectivity index (χ3v) is 3.83. The van der Waals surface area contributed by atoms with E-state index in [1.165, 1.54) is 17.2 Å². The van der Waals surface area contributed by atoms with Crippen LogP contribution in [-0.2, 0) is 12.0 Å². The molecule has 0 spiro atoms. The maximum atomic E-state index is 13.6. The van der Waals surface area contributed by atoms with Gasteiger partial charge in [-0.1, -0.05) is 63.2 Å². The molecule has 0 bridgehead atoms. The average Bonchev–Trinajstić information content (AvgIpc) is 2.45. The van der Waals surface area contributed by atoms with Crippen LogP contribution in [-0.4, -0.2) is 0 Å². The van der Waals surface area contributed by atoms with Crippen LogP contribution < -0.4 is 5.32 Å².